The number of nitrogens with one attached hydrogen (secondary N) is 1. The third-order valence-corrected chi connectivity index (χ3v) is 4.86. The predicted octanol–water partition coefficient (Wildman–Crippen LogP) is 2.85. The van der Waals surface area contributed by atoms with Crippen LogP contribution in [-0.2, 0) is 12.8 Å². The number of thiophene rings is 1. The Bertz CT molecular complexity index is 707. The van der Waals surface area contributed by atoms with E-state index in [4.69, 9.17) is 10.5 Å². The SMILES string of the molecule is CCNC(=O)c1c(N)sc2c1-c1cc(OC)ccc1CC2. The van der Waals surface area contributed by atoms with Crippen LogP contribution in [0.25, 0.3) is 11.1 Å². The highest BCUT2D eigenvalue weighted by atomic mass is 32.1. The first-order valence-electron chi connectivity index (χ1n) is 7.02. The lowest BCUT2D eigenvalue weighted by Gasteiger charge is -2.18. The molecule has 0 saturated carbocycles. The van der Waals surface area contributed by atoms with Crippen molar-refractivity contribution in [1.82, 2.24) is 5.32 Å². The monoisotopic (exact) mass is 302 g/mol. The molecule has 0 bridgehead atoms. The fraction of sp³-hybridized carbons (Fsp3) is 0.312. The average molecular weight is 302 g/mol. The molecule has 1 amide bonds. The summed E-state index contributed by atoms with van der Waals surface area (Å²) in [6.07, 6.45) is 1.91. The first-order valence-corrected chi connectivity index (χ1v) is 7.84. The van der Waals surface area contributed by atoms with Gasteiger partial charge in [0, 0.05) is 17.0 Å². The highest BCUT2D eigenvalue weighted by Gasteiger charge is 2.27. The summed E-state index contributed by atoms with van der Waals surface area (Å²) in [5, 5.41) is 3.45. The van der Waals surface area contributed by atoms with Crippen LogP contribution in [0.15, 0.2) is 18.2 Å². The fourth-order valence-corrected chi connectivity index (χ4v) is 3.89. The normalized spacial score (nSPS) is 12.5. The van der Waals surface area contributed by atoms with Gasteiger partial charge in [0.25, 0.3) is 5.91 Å². The van der Waals surface area contributed by atoms with Crippen LogP contribution in [-0.4, -0.2) is 19.6 Å². The van der Waals surface area contributed by atoms with Crippen molar-refractivity contribution in [2.75, 3.05) is 19.4 Å². The number of ether oxygens (including phenoxy) is 1. The molecule has 0 fully saturated rings. The van der Waals surface area contributed by atoms with Crippen molar-refractivity contribution in [3.63, 3.8) is 0 Å². The molecule has 0 spiro atoms. The smallest absolute Gasteiger partial charge is 0.254 e. The Labute approximate surface area is 127 Å². The van der Waals surface area contributed by atoms with E-state index in [9.17, 15) is 4.79 Å². The van der Waals surface area contributed by atoms with Crippen LogP contribution >= 0.6 is 11.3 Å². The number of aryl methyl sites for hydroxylation is 2. The molecule has 3 rings (SSSR count). The lowest BCUT2D eigenvalue weighted by Crippen LogP contribution is -2.24. The van der Waals surface area contributed by atoms with E-state index < -0.39 is 0 Å². The summed E-state index contributed by atoms with van der Waals surface area (Å²) in [6.45, 7) is 2.50. The second kappa shape index (κ2) is 5.41. The van der Waals surface area contributed by atoms with Gasteiger partial charge in [0.15, 0.2) is 0 Å². The van der Waals surface area contributed by atoms with Crippen LogP contribution in [0.2, 0.25) is 0 Å². The largest absolute Gasteiger partial charge is 0.497 e. The van der Waals surface area contributed by atoms with Crippen molar-refractivity contribution in [3.05, 3.63) is 34.2 Å². The van der Waals surface area contributed by atoms with E-state index in [0.29, 0.717) is 17.1 Å². The molecule has 0 aliphatic heterocycles. The summed E-state index contributed by atoms with van der Waals surface area (Å²) < 4.78 is 5.32. The Morgan fingerprint density at radius 3 is 2.95 bits per heavy atom. The van der Waals surface area contributed by atoms with E-state index >= 15 is 0 Å². The summed E-state index contributed by atoms with van der Waals surface area (Å²) in [5.74, 6) is 0.705. The molecule has 21 heavy (non-hydrogen) atoms. The zero-order valence-electron chi connectivity index (χ0n) is 12.2. The number of benzene rings is 1. The molecule has 0 unspecified atom stereocenters. The van der Waals surface area contributed by atoms with Crippen molar-refractivity contribution in [3.8, 4) is 16.9 Å². The van der Waals surface area contributed by atoms with E-state index in [2.05, 4.69) is 11.4 Å². The molecule has 0 saturated heterocycles. The first-order chi connectivity index (χ1) is 10.2. The minimum Gasteiger partial charge on any atom is -0.497 e. The number of anilines is 1. The topological polar surface area (TPSA) is 64.4 Å². The van der Waals surface area contributed by atoms with Gasteiger partial charge in [-0.3, -0.25) is 4.79 Å². The van der Waals surface area contributed by atoms with Crippen LogP contribution in [0.3, 0.4) is 0 Å². The minimum atomic E-state index is -0.0943. The summed E-state index contributed by atoms with van der Waals surface area (Å²) in [4.78, 5) is 13.5. The number of amides is 1. The molecular formula is C16H18N2O2S. The zero-order chi connectivity index (χ0) is 15.0. The summed E-state index contributed by atoms with van der Waals surface area (Å²) >= 11 is 1.52. The molecule has 4 nitrogen and oxygen atoms in total. The van der Waals surface area contributed by atoms with Gasteiger partial charge >= 0.3 is 0 Å². The second-order valence-corrected chi connectivity index (χ2v) is 6.16. The van der Waals surface area contributed by atoms with E-state index in [0.717, 1.165) is 29.7 Å². The van der Waals surface area contributed by atoms with Gasteiger partial charge in [-0.05, 0) is 43.0 Å². The van der Waals surface area contributed by atoms with E-state index in [1.165, 1.54) is 21.8 Å². The lowest BCUT2D eigenvalue weighted by atomic mass is 9.88. The number of hydrogen-bond donors (Lipinski definition) is 2. The number of hydrogen-bond acceptors (Lipinski definition) is 4. The van der Waals surface area contributed by atoms with Gasteiger partial charge in [-0.2, -0.15) is 0 Å². The maximum atomic E-state index is 12.3. The van der Waals surface area contributed by atoms with Crippen LogP contribution in [0.5, 0.6) is 5.75 Å². The van der Waals surface area contributed by atoms with Gasteiger partial charge in [-0.15, -0.1) is 11.3 Å². The van der Waals surface area contributed by atoms with Crippen LogP contribution in [0.4, 0.5) is 5.00 Å². The number of carbonyl (C=O) groups is 1. The van der Waals surface area contributed by atoms with Crippen molar-refractivity contribution in [2.24, 2.45) is 0 Å². The van der Waals surface area contributed by atoms with Crippen molar-refractivity contribution in [2.45, 2.75) is 19.8 Å². The molecule has 110 valence electrons. The average Bonchev–Trinajstić information content (AvgIpc) is 2.83. The Balaban J connectivity index is 2.20. The van der Waals surface area contributed by atoms with Gasteiger partial charge in [0.1, 0.15) is 5.75 Å². The Morgan fingerprint density at radius 2 is 2.24 bits per heavy atom. The number of methoxy groups -OCH3 is 1. The molecule has 1 aromatic carbocycles. The molecule has 3 N–H and O–H groups in total. The van der Waals surface area contributed by atoms with Gasteiger partial charge in [0.05, 0.1) is 17.7 Å². The van der Waals surface area contributed by atoms with E-state index in [1.54, 1.807) is 7.11 Å². The predicted molar refractivity (Wildman–Crippen MR) is 86.1 cm³/mol. The van der Waals surface area contributed by atoms with Crippen molar-refractivity contribution >= 4 is 22.2 Å². The number of nitrogen functional groups attached to an aromatic ring is 1. The number of nitrogens with two attached hydrogens (primary N) is 1. The van der Waals surface area contributed by atoms with Crippen LogP contribution in [0, 0.1) is 0 Å². The maximum absolute atomic E-state index is 12.3. The third-order valence-electron chi connectivity index (χ3n) is 3.78. The first kappa shape index (κ1) is 13.9. The van der Waals surface area contributed by atoms with Crippen molar-refractivity contribution < 1.29 is 9.53 Å². The maximum Gasteiger partial charge on any atom is 0.254 e. The minimum absolute atomic E-state index is 0.0943. The highest BCUT2D eigenvalue weighted by Crippen LogP contribution is 2.44. The molecule has 0 atom stereocenters. The lowest BCUT2D eigenvalue weighted by molar-refractivity contribution is 0.0957. The highest BCUT2D eigenvalue weighted by molar-refractivity contribution is 7.17. The summed E-state index contributed by atoms with van der Waals surface area (Å²) in [5.41, 5.74) is 10.0. The molecule has 1 aromatic heterocycles. The molecule has 0 radical (unpaired) electrons. The van der Waals surface area contributed by atoms with E-state index in [-0.39, 0.29) is 5.91 Å². The van der Waals surface area contributed by atoms with Crippen LogP contribution in [0.1, 0.15) is 27.7 Å². The molecule has 5 heteroatoms. The number of rotatable bonds is 3. The van der Waals surface area contributed by atoms with Crippen molar-refractivity contribution in [1.29, 1.82) is 0 Å². The summed E-state index contributed by atoms with van der Waals surface area (Å²) in [7, 11) is 1.65. The quantitative estimate of drug-likeness (QED) is 0.916. The van der Waals surface area contributed by atoms with Gasteiger partial charge in [-0.1, -0.05) is 6.07 Å². The summed E-state index contributed by atoms with van der Waals surface area (Å²) in [6, 6.07) is 6.04. The van der Waals surface area contributed by atoms with Crippen LogP contribution < -0.4 is 15.8 Å². The number of fused-ring (bicyclic) bond motifs is 3. The molecule has 1 aliphatic carbocycles. The Morgan fingerprint density at radius 1 is 1.43 bits per heavy atom. The third kappa shape index (κ3) is 2.27. The second-order valence-electron chi connectivity index (χ2n) is 5.02. The zero-order valence-corrected chi connectivity index (χ0v) is 13.0. The molecular weight excluding hydrogens is 284 g/mol. The molecule has 2 aromatic rings. The molecule has 1 aliphatic rings. The Kier molecular flexibility index (Phi) is 3.59. The van der Waals surface area contributed by atoms with Gasteiger partial charge < -0.3 is 15.8 Å². The standard InChI is InChI=1S/C16H18N2O2S/c1-3-18-16(19)14-13-11-8-10(20-2)6-4-9(11)5-7-12(13)21-15(14)17/h4,6,8H,3,5,7,17H2,1-2H3,(H,18,19). The fourth-order valence-electron chi connectivity index (χ4n) is 2.81. The molecule has 1 heterocycles. The number of carbonyl (C=O) groups excluding carboxylic acids is 1. The van der Waals surface area contributed by atoms with E-state index in [1.807, 2.05) is 19.1 Å². The van der Waals surface area contributed by atoms with Gasteiger partial charge in [-0.25, -0.2) is 0 Å². The van der Waals surface area contributed by atoms with Gasteiger partial charge in [0.2, 0.25) is 0 Å². The Hall–Kier alpha value is -2.01.